The molecule has 1 atom stereocenters. The van der Waals surface area contributed by atoms with Gasteiger partial charge in [0.1, 0.15) is 0 Å². The first-order chi connectivity index (χ1) is 7.04. The SMILES string of the molecule is CCOCCC(C)(CC)OCCC(C)C. The molecule has 0 heterocycles. The Labute approximate surface area is 95.3 Å². The van der Waals surface area contributed by atoms with Crippen molar-refractivity contribution in [1.29, 1.82) is 0 Å². The van der Waals surface area contributed by atoms with Gasteiger partial charge in [-0.05, 0) is 39.0 Å². The molecule has 0 amide bonds. The number of hydrogen-bond acceptors (Lipinski definition) is 2. The minimum atomic E-state index is 0.00403. The van der Waals surface area contributed by atoms with Crippen LogP contribution in [0.2, 0.25) is 0 Å². The highest BCUT2D eigenvalue weighted by atomic mass is 16.5. The van der Waals surface area contributed by atoms with Gasteiger partial charge < -0.3 is 9.47 Å². The van der Waals surface area contributed by atoms with Crippen LogP contribution in [0.5, 0.6) is 0 Å². The van der Waals surface area contributed by atoms with Crippen LogP contribution in [0.25, 0.3) is 0 Å². The maximum atomic E-state index is 5.96. The van der Waals surface area contributed by atoms with Gasteiger partial charge in [0.15, 0.2) is 0 Å². The van der Waals surface area contributed by atoms with E-state index in [0.29, 0.717) is 0 Å². The zero-order chi connectivity index (χ0) is 11.7. The molecule has 0 aromatic carbocycles. The maximum Gasteiger partial charge on any atom is 0.0673 e. The molecule has 0 N–H and O–H groups in total. The average Bonchev–Trinajstić information content (AvgIpc) is 2.18. The second-order valence-electron chi connectivity index (χ2n) is 4.78. The Morgan fingerprint density at radius 1 is 1.13 bits per heavy atom. The molecule has 2 nitrogen and oxygen atoms in total. The lowest BCUT2D eigenvalue weighted by molar-refractivity contribution is -0.0584. The van der Waals surface area contributed by atoms with Crippen LogP contribution < -0.4 is 0 Å². The predicted octanol–water partition coefficient (Wildman–Crippen LogP) is 3.64. The quantitative estimate of drug-likeness (QED) is 0.548. The van der Waals surface area contributed by atoms with Crippen LogP contribution in [0.3, 0.4) is 0 Å². The van der Waals surface area contributed by atoms with Gasteiger partial charge in [-0.1, -0.05) is 20.8 Å². The summed E-state index contributed by atoms with van der Waals surface area (Å²) in [5.41, 5.74) is 0.00403. The lowest BCUT2D eigenvalue weighted by Crippen LogP contribution is -2.30. The molecule has 0 rings (SSSR count). The fourth-order valence-corrected chi connectivity index (χ4v) is 1.32. The second kappa shape index (κ2) is 8.12. The molecular formula is C13H28O2. The Bertz CT molecular complexity index is 145. The summed E-state index contributed by atoms with van der Waals surface area (Å²) in [4.78, 5) is 0. The molecular weight excluding hydrogens is 188 g/mol. The number of hydrogen-bond donors (Lipinski definition) is 0. The van der Waals surface area contributed by atoms with Gasteiger partial charge in [-0.3, -0.25) is 0 Å². The summed E-state index contributed by atoms with van der Waals surface area (Å²) >= 11 is 0. The third kappa shape index (κ3) is 7.80. The standard InChI is InChI=1S/C13H28O2/c1-6-13(5,9-11-14-7-2)15-10-8-12(3)4/h12H,6-11H2,1-5H3. The van der Waals surface area contributed by atoms with E-state index in [1.54, 1.807) is 0 Å². The van der Waals surface area contributed by atoms with E-state index < -0.39 is 0 Å². The van der Waals surface area contributed by atoms with Gasteiger partial charge in [0.25, 0.3) is 0 Å². The number of ether oxygens (including phenoxy) is 2. The Morgan fingerprint density at radius 3 is 2.27 bits per heavy atom. The Balaban J connectivity index is 3.74. The molecule has 15 heavy (non-hydrogen) atoms. The van der Waals surface area contributed by atoms with E-state index in [0.717, 1.165) is 45.0 Å². The zero-order valence-corrected chi connectivity index (χ0v) is 11.1. The van der Waals surface area contributed by atoms with E-state index in [-0.39, 0.29) is 5.60 Å². The lowest BCUT2D eigenvalue weighted by atomic mass is 9.99. The molecule has 0 aromatic rings. The molecule has 1 unspecified atom stereocenters. The van der Waals surface area contributed by atoms with Gasteiger partial charge in [-0.2, -0.15) is 0 Å². The van der Waals surface area contributed by atoms with Crippen LogP contribution >= 0.6 is 0 Å². The van der Waals surface area contributed by atoms with E-state index in [2.05, 4.69) is 27.7 Å². The van der Waals surface area contributed by atoms with Crippen molar-refractivity contribution in [2.45, 2.75) is 59.5 Å². The summed E-state index contributed by atoms with van der Waals surface area (Å²) in [6.45, 7) is 13.3. The van der Waals surface area contributed by atoms with E-state index in [4.69, 9.17) is 9.47 Å². The molecule has 0 aromatic heterocycles. The van der Waals surface area contributed by atoms with Gasteiger partial charge >= 0.3 is 0 Å². The first kappa shape index (κ1) is 14.9. The molecule has 0 aliphatic rings. The first-order valence-electron chi connectivity index (χ1n) is 6.25. The Kier molecular flexibility index (Phi) is 8.07. The molecule has 0 aliphatic heterocycles. The largest absolute Gasteiger partial charge is 0.382 e. The van der Waals surface area contributed by atoms with Crippen LogP contribution in [0.4, 0.5) is 0 Å². The normalized spacial score (nSPS) is 15.6. The third-order valence-electron chi connectivity index (χ3n) is 2.87. The van der Waals surface area contributed by atoms with Crippen molar-refractivity contribution in [2.75, 3.05) is 19.8 Å². The molecule has 0 fully saturated rings. The van der Waals surface area contributed by atoms with Crippen molar-refractivity contribution in [2.24, 2.45) is 5.92 Å². The Hall–Kier alpha value is -0.0800. The molecule has 0 radical (unpaired) electrons. The van der Waals surface area contributed by atoms with E-state index >= 15 is 0 Å². The van der Waals surface area contributed by atoms with E-state index in [1.165, 1.54) is 0 Å². The van der Waals surface area contributed by atoms with Gasteiger partial charge in [0.05, 0.1) is 5.60 Å². The van der Waals surface area contributed by atoms with Crippen LogP contribution in [0.1, 0.15) is 53.9 Å². The summed E-state index contributed by atoms with van der Waals surface area (Å²) < 4.78 is 11.3. The highest BCUT2D eigenvalue weighted by molar-refractivity contribution is 4.73. The highest BCUT2D eigenvalue weighted by Crippen LogP contribution is 2.20. The van der Waals surface area contributed by atoms with Crippen molar-refractivity contribution in [3.05, 3.63) is 0 Å². The van der Waals surface area contributed by atoms with Gasteiger partial charge in [0.2, 0.25) is 0 Å². The van der Waals surface area contributed by atoms with Crippen molar-refractivity contribution in [3.8, 4) is 0 Å². The van der Waals surface area contributed by atoms with Crippen molar-refractivity contribution in [3.63, 3.8) is 0 Å². The predicted molar refractivity (Wildman–Crippen MR) is 65.2 cm³/mol. The molecule has 0 aliphatic carbocycles. The molecule has 2 heteroatoms. The highest BCUT2D eigenvalue weighted by Gasteiger charge is 2.22. The smallest absolute Gasteiger partial charge is 0.0673 e. The Morgan fingerprint density at radius 2 is 1.80 bits per heavy atom. The minimum absolute atomic E-state index is 0.00403. The molecule has 92 valence electrons. The van der Waals surface area contributed by atoms with Crippen molar-refractivity contribution in [1.82, 2.24) is 0 Å². The summed E-state index contributed by atoms with van der Waals surface area (Å²) in [7, 11) is 0. The van der Waals surface area contributed by atoms with Gasteiger partial charge in [-0.25, -0.2) is 0 Å². The summed E-state index contributed by atoms with van der Waals surface area (Å²) in [6.07, 6.45) is 3.19. The fourth-order valence-electron chi connectivity index (χ4n) is 1.32. The third-order valence-corrected chi connectivity index (χ3v) is 2.87. The van der Waals surface area contributed by atoms with Crippen molar-refractivity contribution < 1.29 is 9.47 Å². The maximum absolute atomic E-state index is 5.96. The van der Waals surface area contributed by atoms with Crippen LogP contribution in [-0.4, -0.2) is 25.4 Å². The number of rotatable bonds is 9. The van der Waals surface area contributed by atoms with Crippen LogP contribution in [0.15, 0.2) is 0 Å². The van der Waals surface area contributed by atoms with Gasteiger partial charge in [0, 0.05) is 19.8 Å². The molecule has 0 saturated heterocycles. The average molecular weight is 216 g/mol. The van der Waals surface area contributed by atoms with Crippen molar-refractivity contribution >= 4 is 0 Å². The van der Waals surface area contributed by atoms with E-state index in [9.17, 15) is 0 Å². The molecule has 0 spiro atoms. The van der Waals surface area contributed by atoms with E-state index in [1.807, 2.05) is 6.92 Å². The first-order valence-corrected chi connectivity index (χ1v) is 6.25. The van der Waals surface area contributed by atoms with Gasteiger partial charge in [-0.15, -0.1) is 0 Å². The zero-order valence-electron chi connectivity index (χ0n) is 11.1. The van der Waals surface area contributed by atoms with Crippen LogP contribution in [0, 0.1) is 5.92 Å². The summed E-state index contributed by atoms with van der Waals surface area (Å²) in [5, 5.41) is 0. The monoisotopic (exact) mass is 216 g/mol. The van der Waals surface area contributed by atoms with Crippen LogP contribution in [-0.2, 0) is 9.47 Å². The summed E-state index contributed by atoms with van der Waals surface area (Å²) in [6, 6.07) is 0. The minimum Gasteiger partial charge on any atom is -0.382 e. The second-order valence-corrected chi connectivity index (χ2v) is 4.78. The molecule has 0 saturated carbocycles. The summed E-state index contributed by atoms with van der Waals surface area (Å²) in [5.74, 6) is 0.720. The molecule has 0 bridgehead atoms. The topological polar surface area (TPSA) is 18.5 Å². The fraction of sp³-hybridized carbons (Fsp3) is 1.00. The lowest BCUT2D eigenvalue weighted by Gasteiger charge is -2.29.